The van der Waals surface area contributed by atoms with Crippen LogP contribution in [0.25, 0.3) is 0 Å². The third-order valence-electron chi connectivity index (χ3n) is 4.37. The zero-order valence-corrected chi connectivity index (χ0v) is 16.7. The summed E-state index contributed by atoms with van der Waals surface area (Å²) < 4.78 is 10.7. The summed E-state index contributed by atoms with van der Waals surface area (Å²) >= 11 is 0. The van der Waals surface area contributed by atoms with Gasteiger partial charge in [-0.15, -0.1) is 0 Å². The number of ether oxygens (including phenoxy) is 2. The monoisotopic (exact) mass is 392 g/mol. The Bertz CT molecular complexity index is 974. The molecule has 0 aliphatic carbocycles. The summed E-state index contributed by atoms with van der Waals surface area (Å²) in [5.74, 6) is 1.77. The quantitative estimate of drug-likeness (QED) is 0.610. The Labute approximate surface area is 170 Å². The van der Waals surface area contributed by atoms with E-state index in [4.69, 9.17) is 9.47 Å². The number of benzene rings is 2. The van der Waals surface area contributed by atoms with Crippen LogP contribution in [0.3, 0.4) is 0 Å². The van der Waals surface area contributed by atoms with E-state index in [9.17, 15) is 4.79 Å². The summed E-state index contributed by atoms with van der Waals surface area (Å²) in [6.07, 6.45) is 3.63. The van der Waals surface area contributed by atoms with Gasteiger partial charge in [0.25, 0.3) is 5.91 Å². The zero-order chi connectivity index (χ0) is 20.6. The van der Waals surface area contributed by atoms with Crippen molar-refractivity contribution in [2.45, 2.75) is 13.3 Å². The molecule has 0 unspecified atom stereocenters. The van der Waals surface area contributed by atoms with Crippen molar-refractivity contribution in [3.05, 3.63) is 71.7 Å². The average Bonchev–Trinajstić information content (AvgIpc) is 2.74. The topological polar surface area (TPSA) is 85.4 Å². The lowest BCUT2D eigenvalue weighted by Crippen LogP contribution is -2.26. The molecule has 2 N–H and O–H groups in total. The van der Waals surface area contributed by atoms with Gasteiger partial charge in [-0.3, -0.25) is 4.79 Å². The molecule has 1 heterocycles. The molecule has 3 aromatic rings. The number of hydrogen-bond acceptors (Lipinski definition) is 6. The number of nitrogens with zero attached hydrogens (tertiary/aromatic N) is 2. The van der Waals surface area contributed by atoms with Crippen LogP contribution in [0.2, 0.25) is 0 Å². The van der Waals surface area contributed by atoms with E-state index in [1.807, 2.05) is 49.4 Å². The number of methoxy groups -OCH3 is 2. The highest BCUT2D eigenvalue weighted by molar-refractivity contribution is 5.92. The average molecular weight is 392 g/mol. The third kappa shape index (κ3) is 5.22. The molecule has 0 atom stereocenters. The normalized spacial score (nSPS) is 10.3. The van der Waals surface area contributed by atoms with Crippen LogP contribution < -0.4 is 20.1 Å². The fourth-order valence-electron chi connectivity index (χ4n) is 2.88. The summed E-state index contributed by atoms with van der Waals surface area (Å²) in [5.41, 5.74) is 3.17. The third-order valence-corrected chi connectivity index (χ3v) is 4.37. The molecule has 7 nitrogen and oxygen atoms in total. The first-order valence-electron chi connectivity index (χ1n) is 9.24. The lowest BCUT2D eigenvalue weighted by atomic mass is 10.1. The number of anilines is 2. The van der Waals surface area contributed by atoms with Crippen LogP contribution in [0, 0.1) is 6.92 Å². The maximum Gasteiger partial charge on any atom is 0.271 e. The van der Waals surface area contributed by atoms with Gasteiger partial charge < -0.3 is 20.1 Å². The van der Waals surface area contributed by atoms with E-state index in [0.717, 1.165) is 22.6 Å². The minimum Gasteiger partial charge on any atom is -0.496 e. The molecule has 0 saturated heterocycles. The second kappa shape index (κ2) is 9.54. The van der Waals surface area contributed by atoms with Gasteiger partial charge in [0.05, 0.1) is 32.3 Å². The number of aromatic nitrogens is 2. The van der Waals surface area contributed by atoms with Crippen molar-refractivity contribution in [3.63, 3.8) is 0 Å². The number of para-hydroxylation sites is 1. The first kappa shape index (κ1) is 20.1. The maximum absolute atomic E-state index is 12.3. The molecule has 0 aliphatic heterocycles. The Balaban J connectivity index is 1.58. The lowest BCUT2D eigenvalue weighted by molar-refractivity contribution is 0.0948. The van der Waals surface area contributed by atoms with Crippen molar-refractivity contribution in [1.82, 2.24) is 15.3 Å². The summed E-state index contributed by atoms with van der Waals surface area (Å²) in [4.78, 5) is 20.8. The largest absolute Gasteiger partial charge is 0.496 e. The molecule has 0 fully saturated rings. The Kier molecular flexibility index (Phi) is 6.63. The first-order valence-corrected chi connectivity index (χ1v) is 9.24. The van der Waals surface area contributed by atoms with Gasteiger partial charge in [0, 0.05) is 6.54 Å². The molecular formula is C22H24N4O3. The summed E-state index contributed by atoms with van der Waals surface area (Å²) in [5, 5.41) is 6.02. The minimum absolute atomic E-state index is 0.256. The number of nitrogens with one attached hydrogen (secondary N) is 2. The van der Waals surface area contributed by atoms with E-state index < -0.39 is 0 Å². The Morgan fingerprint density at radius 1 is 1.00 bits per heavy atom. The standard InChI is InChI=1S/C22H24N4O3/c1-15-8-9-20(29-3)17(12-15)26-21-14-24-18(13-25-21)22(27)23-11-10-16-6-4-5-7-19(16)28-2/h4-9,12-14H,10-11H2,1-3H3,(H,23,27)(H,25,26). The van der Waals surface area contributed by atoms with Crippen molar-refractivity contribution < 1.29 is 14.3 Å². The fourth-order valence-corrected chi connectivity index (χ4v) is 2.88. The van der Waals surface area contributed by atoms with E-state index in [-0.39, 0.29) is 11.6 Å². The number of amides is 1. The van der Waals surface area contributed by atoms with Gasteiger partial charge >= 0.3 is 0 Å². The molecule has 0 aliphatic rings. The summed E-state index contributed by atoms with van der Waals surface area (Å²) in [7, 11) is 3.24. The number of rotatable bonds is 8. The molecule has 3 rings (SSSR count). The summed E-state index contributed by atoms with van der Waals surface area (Å²) in [6.45, 7) is 2.47. The van der Waals surface area contributed by atoms with Crippen LogP contribution in [0.1, 0.15) is 21.6 Å². The Hall–Kier alpha value is -3.61. The SMILES string of the molecule is COc1ccccc1CCNC(=O)c1cnc(Nc2cc(C)ccc2OC)cn1. The fraction of sp³-hybridized carbons (Fsp3) is 0.227. The van der Waals surface area contributed by atoms with Gasteiger partial charge in [0.1, 0.15) is 23.0 Å². The predicted molar refractivity (Wildman–Crippen MR) is 112 cm³/mol. The number of carbonyl (C=O) groups is 1. The molecule has 7 heteroatoms. The lowest BCUT2D eigenvalue weighted by Gasteiger charge is -2.11. The molecule has 29 heavy (non-hydrogen) atoms. The van der Waals surface area contributed by atoms with Crippen molar-refractivity contribution in [1.29, 1.82) is 0 Å². The second-order valence-corrected chi connectivity index (χ2v) is 6.43. The molecule has 1 aromatic heterocycles. The molecule has 150 valence electrons. The van der Waals surface area contributed by atoms with Crippen LogP contribution in [0.4, 0.5) is 11.5 Å². The van der Waals surface area contributed by atoms with Gasteiger partial charge in [-0.05, 0) is 42.7 Å². The minimum atomic E-state index is -0.271. The second-order valence-electron chi connectivity index (χ2n) is 6.43. The van der Waals surface area contributed by atoms with Crippen LogP contribution in [-0.4, -0.2) is 36.6 Å². The molecular weight excluding hydrogens is 368 g/mol. The van der Waals surface area contributed by atoms with Crippen molar-refractivity contribution >= 4 is 17.4 Å². The van der Waals surface area contributed by atoms with Crippen LogP contribution >= 0.6 is 0 Å². The van der Waals surface area contributed by atoms with Crippen molar-refractivity contribution in [2.24, 2.45) is 0 Å². The molecule has 0 spiro atoms. The first-order chi connectivity index (χ1) is 14.1. The van der Waals surface area contributed by atoms with Crippen LogP contribution in [-0.2, 0) is 6.42 Å². The molecule has 0 saturated carbocycles. The summed E-state index contributed by atoms with van der Waals surface area (Å²) in [6, 6.07) is 13.5. The number of hydrogen-bond donors (Lipinski definition) is 2. The predicted octanol–water partition coefficient (Wildman–Crippen LogP) is 3.52. The van der Waals surface area contributed by atoms with Crippen LogP contribution in [0.5, 0.6) is 11.5 Å². The van der Waals surface area contributed by atoms with E-state index in [1.54, 1.807) is 14.2 Å². The highest BCUT2D eigenvalue weighted by Gasteiger charge is 2.10. The number of carbonyl (C=O) groups excluding carboxylic acids is 1. The Morgan fingerprint density at radius 2 is 1.79 bits per heavy atom. The zero-order valence-electron chi connectivity index (χ0n) is 16.7. The van der Waals surface area contributed by atoms with Gasteiger partial charge in [-0.25, -0.2) is 9.97 Å². The van der Waals surface area contributed by atoms with Crippen LogP contribution in [0.15, 0.2) is 54.9 Å². The van der Waals surface area contributed by atoms with Gasteiger partial charge in [0.15, 0.2) is 0 Å². The van der Waals surface area contributed by atoms with E-state index >= 15 is 0 Å². The molecule has 0 radical (unpaired) electrons. The van der Waals surface area contributed by atoms with Crippen molar-refractivity contribution in [2.75, 3.05) is 26.1 Å². The van der Waals surface area contributed by atoms with E-state index in [1.165, 1.54) is 12.4 Å². The van der Waals surface area contributed by atoms with Gasteiger partial charge in [0.2, 0.25) is 0 Å². The Morgan fingerprint density at radius 3 is 2.52 bits per heavy atom. The molecule has 0 bridgehead atoms. The van der Waals surface area contributed by atoms with Crippen molar-refractivity contribution in [3.8, 4) is 11.5 Å². The van der Waals surface area contributed by atoms with E-state index in [0.29, 0.717) is 24.5 Å². The maximum atomic E-state index is 12.3. The smallest absolute Gasteiger partial charge is 0.271 e. The highest BCUT2D eigenvalue weighted by Crippen LogP contribution is 2.27. The van der Waals surface area contributed by atoms with Gasteiger partial charge in [-0.2, -0.15) is 0 Å². The highest BCUT2D eigenvalue weighted by atomic mass is 16.5. The van der Waals surface area contributed by atoms with E-state index in [2.05, 4.69) is 20.6 Å². The molecule has 2 aromatic carbocycles. The molecule has 1 amide bonds. The van der Waals surface area contributed by atoms with Gasteiger partial charge in [-0.1, -0.05) is 24.3 Å². The number of aryl methyl sites for hydroxylation is 1.